The summed E-state index contributed by atoms with van der Waals surface area (Å²) >= 11 is 0. The van der Waals surface area contributed by atoms with Gasteiger partial charge in [0.15, 0.2) is 5.96 Å². The van der Waals surface area contributed by atoms with E-state index >= 15 is 0 Å². The molecule has 2 aromatic rings. The lowest BCUT2D eigenvalue weighted by atomic mass is 10.0. The Morgan fingerprint density at radius 1 is 1.30 bits per heavy atom. The summed E-state index contributed by atoms with van der Waals surface area (Å²) in [5.74, 6) is 0.710. The second-order valence-corrected chi connectivity index (χ2v) is 6.98. The molecule has 1 unspecified atom stereocenters. The summed E-state index contributed by atoms with van der Waals surface area (Å²) in [7, 11) is 1.83. The second kappa shape index (κ2) is 10.7. The van der Waals surface area contributed by atoms with E-state index in [0.29, 0.717) is 5.96 Å². The average Bonchev–Trinajstić information content (AvgIpc) is 3.02. The van der Waals surface area contributed by atoms with Crippen molar-refractivity contribution in [3.05, 3.63) is 52.8 Å². The lowest BCUT2D eigenvalue weighted by Gasteiger charge is -2.20. The first kappa shape index (κ1) is 23.4. The molecule has 0 aliphatic heterocycles. The molecule has 0 bridgehead atoms. The quantitative estimate of drug-likeness (QED) is 0.320. The molecule has 0 aliphatic carbocycles. The molecule has 1 heterocycles. The Morgan fingerprint density at radius 3 is 2.63 bits per heavy atom. The van der Waals surface area contributed by atoms with Crippen LogP contribution in [0.1, 0.15) is 36.1 Å². The van der Waals surface area contributed by atoms with Gasteiger partial charge in [0, 0.05) is 31.9 Å². The topological polar surface area (TPSA) is 74.5 Å². The van der Waals surface area contributed by atoms with E-state index in [2.05, 4.69) is 52.8 Å². The molecule has 0 spiro atoms. The SMILES string of the molecule is CCNC(=NCC(C)(O)c1cnn(C)c1)NCCc1ccc(C)cc1C.I. The number of aromatic nitrogens is 2. The van der Waals surface area contributed by atoms with E-state index in [0.717, 1.165) is 25.1 Å². The normalized spacial score (nSPS) is 13.6. The zero-order valence-electron chi connectivity index (χ0n) is 16.9. The number of aliphatic imine (C=N–C) groups is 1. The molecule has 3 N–H and O–H groups in total. The molecule has 7 heteroatoms. The van der Waals surface area contributed by atoms with Crippen LogP contribution < -0.4 is 10.6 Å². The molecule has 0 fully saturated rings. The van der Waals surface area contributed by atoms with Crippen molar-refractivity contribution in [2.24, 2.45) is 12.0 Å². The minimum atomic E-state index is -1.05. The number of hydrogen-bond donors (Lipinski definition) is 3. The van der Waals surface area contributed by atoms with E-state index < -0.39 is 5.60 Å². The molecule has 1 atom stereocenters. The highest BCUT2D eigenvalue weighted by atomic mass is 127. The van der Waals surface area contributed by atoms with Gasteiger partial charge in [-0.05, 0) is 45.2 Å². The highest BCUT2D eigenvalue weighted by molar-refractivity contribution is 14.0. The van der Waals surface area contributed by atoms with E-state index in [1.165, 1.54) is 16.7 Å². The van der Waals surface area contributed by atoms with Crippen molar-refractivity contribution >= 4 is 29.9 Å². The summed E-state index contributed by atoms with van der Waals surface area (Å²) in [6, 6.07) is 6.54. The molecule has 1 aromatic heterocycles. The van der Waals surface area contributed by atoms with Crippen molar-refractivity contribution in [2.75, 3.05) is 19.6 Å². The van der Waals surface area contributed by atoms with Crippen molar-refractivity contribution in [1.29, 1.82) is 0 Å². The van der Waals surface area contributed by atoms with Crippen molar-refractivity contribution < 1.29 is 5.11 Å². The third kappa shape index (κ3) is 7.14. The minimum Gasteiger partial charge on any atom is -0.383 e. The number of aliphatic hydroxyl groups is 1. The van der Waals surface area contributed by atoms with Crippen molar-refractivity contribution in [2.45, 2.75) is 39.7 Å². The van der Waals surface area contributed by atoms with Crippen LogP contribution in [0.4, 0.5) is 0 Å². The lowest BCUT2D eigenvalue weighted by molar-refractivity contribution is 0.0672. The second-order valence-electron chi connectivity index (χ2n) is 6.98. The van der Waals surface area contributed by atoms with Crippen LogP contribution >= 0.6 is 24.0 Å². The Kier molecular flexibility index (Phi) is 9.25. The van der Waals surface area contributed by atoms with Crippen LogP contribution in [0, 0.1) is 13.8 Å². The summed E-state index contributed by atoms with van der Waals surface area (Å²) in [5.41, 5.74) is 3.64. The molecule has 0 amide bonds. The number of nitrogens with one attached hydrogen (secondary N) is 2. The maximum Gasteiger partial charge on any atom is 0.191 e. The van der Waals surface area contributed by atoms with Crippen molar-refractivity contribution in [3.63, 3.8) is 0 Å². The van der Waals surface area contributed by atoms with Gasteiger partial charge in [-0.1, -0.05) is 23.8 Å². The molecular formula is C20H32IN5O. The monoisotopic (exact) mass is 485 g/mol. The number of hydrogen-bond acceptors (Lipinski definition) is 3. The molecule has 150 valence electrons. The molecule has 0 radical (unpaired) electrons. The minimum absolute atomic E-state index is 0. The molecule has 0 saturated carbocycles. The van der Waals surface area contributed by atoms with E-state index in [1.54, 1.807) is 17.8 Å². The van der Waals surface area contributed by atoms with Crippen LogP contribution in [0.2, 0.25) is 0 Å². The summed E-state index contributed by atoms with van der Waals surface area (Å²) < 4.78 is 1.68. The zero-order valence-corrected chi connectivity index (χ0v) is 19.2. The molecular weight excluding hydrogens is 453 g/mol. The van der Waals surface area contributed by atoms with E-state index in [-0.39, 0.29) is 30.5 Å². The number of nitrogens with zero attached hydrogens (tertiary/aromatic N) is 3. The maximum absolute atomic E-state index is 10.7. The van der Waals surface area contributed by atoms with Crippen LogP contribution in [-0.2, 0) is 19.1 Å². The first-order valence-electron chi connectivity index (χ1n) is 9.11. The van der Waals surface area contributed by atoms with Crippen molar-refractivity contribution in [1.82, 2.24) is 20.4 Å². The molecule has 6 nitrogen and oxygen atoms in total. The first-order chi connectivity index (χ1) is 12.3. The smallest absolute Gasteiger partial charge is 0.191 e. The molecule has 1 aromatic carbocycles. The van der Waals surface area contributed by atoms with Crippen LogP contribution in [-0.4, -0.2) is 40.5 Å². The van der Waals surface area contributed by atoms with Gasteiger partial charge in [-0.25, -0.2) is 4.99 Å². The first-order valence-corrected chi connectivity index (χ1v) is 9.11. The fraction of sp³-hybridized carbons (Fsp3) is 0.500. The van der Waals surface area contributed by atoms with Gasteiger partial charge in [0.05, 0.1) is 12.7 Å². The summed E-state index contributed by atoms with van der Waals surface area (Å²) in [4.78, 5) is 4.55. The van der Waals surface area contributed by atoms with E-state index in [4.69, 9.17) is 0 Å². The summed E-state index contributed by atoms with van der Waals surface area (Å²) in [5, 5.41) is 21.4. The predicted molar refractivity (Wildman–Crippen MR) is 122 cm³/mol. The van der Waals surface area contributed by atoms with Crippen LogP contribution in [0.5, 0.6) is 0 Å². The van der Waals surface area contributed by atoms with Crippen molar-refractivity contribution in [3.8, 4) is 0 Å². The van der Waals surface area contributed by atoms with Gasteiger partial charge in [-0.15, -0.1) is 24.0 Å². The number of halogens is 1. The third-order valence-electron chi connectivity index (χ3n) is 4.40. The molecule has 27 heavy (non-hydrogen) atoms. The lowest BCUT2D eigenvalue weighted by Crippen LogP contribution is -2.39. The average molecular weight is 485 g/mol. The standard InChI is InChI=1S/C20H31N5O.HI/c1-6-21-19(22-10-9-17-8-7-15(2)11-16(17)3)23-14-20(4,26)18-12-24-25(5)13-18;/h7-8,11-13,26H,6,9-10,14H2,1-5H3,(H2,21,22,23);1H. The van der Waals surface area contributed by atoms with Gasteiger partial charge in [0.2, 0.25) is 0 Å². The number of benzene rings is 1. The Balaban J connectivity index is 0.00000364. The Morgan fingerprint density at radius 2 is 2.04 bits per heavy atom. The maximum atomic E-state index is 10.7. The van der Waals surface area contributed by atoms with E-state index in [9.17, 15) is 5.11 Å². The third-order valence-corrected chi connectivity index (χ3v) is 4.40. The van der Waals surface area contributed by atoms with E-state index in [1.807, 2.05) is 20.2 Å². The highest BCUT2D eigenvalue weighted by Gasteiger charge is 2.24. The molecule has 0 aliphatic rings. The van der Waals surface area contributed by atoms with Gasteiger partial charge in [0.25, 0.3) is 0 Å². The number of aryl methyl sites for hydroxylation is 3. The van der Waals surface area contributed by atoms with Crippen LogP contribution in [0.15, 0.2) is 35.6 Å². The Hall–Kier alpha value is -1.61. The van der Waals surface area contributed by atoms with Gasteiger partial charge >= 0.3 is 0 Å². The van der Waals surface area contributed by atoms with Crippen LogP contribution in [0.3, 0.4) is 0 Å². The largest absolute Gasteiger partial charge is 0.383 e. The Bertz CT molecular complexity index is 755. The molecule has 0 saturated heterocycles. The summed E-state index contributed by atoms with van der Waals surface area (Å²) in [6.45, 7) is 9.85. The van der Waals surface area contributed by atoms with Gasteiger partial charge in [-0.3, -0.25) is 4.68 Å². The molecule has 2 rings (SSSR count). The Labute approximate surface area is 179 Å². The van der Waals surface area contributed by atoms with Gasteiger partial charge < -0.3 is 15.7 Å². The van der Waals surface area contributed by atoms with Gasteiger partial charge in [0.1, 0.15) is 5.60 Å². The zero-order chi connectivity index (χ0) is 19.2. The summed E-state index contributed by atoms with van der Waals surface area (Å²) in [6.07, 6.45) is 4.42. The number of guanidine groups is 1. The fourth-order valence-corrected chi connectivity index (χ4v) is 2.81. The van der Waals surface area contributed by atoms with Gasteiger partial charge in [-0.2, -0.15) is 5.10 Å². The van der Waals surface area contributed by atoms with Crippen LogP contribution in [0.25, 0.3) is 0 Å². The predicted octanol–water partition coefficient (Wildman–Crippen LogP) is 2.66. The fourth-order valence-electron chi connectivity index (χ4n) is 2.81. The highest BCUT2D eigenvalue weighted by Crippen LogP contribution is 2.19. The number of rotatable bonds is 7.